The minimum atomic E-state index is 0.0709. The Morgan fingerprint density at radius 2 is 2.30 bits per heavy atom. The summed E-state index contributed by atoms with van der Waals surface area (Å²) in [6.45, 7) is 10.4. The summed E-state index contributed by atoms with van der Waals surface area (Å²) in [4.78, 5) is 12.0. The van der Waals surface area contributed by atoms with E-state index in [0.717, 1.165) is 51.1 Å². The number of rotatable bonds is 5. The summed E-state index contributed by atoms with van der Waals surface area (Å²) in [6, 6.07) is 0. The number of anilines is 1. The van der Waals surface area contributed by atoms with Crippen LogP contribution in [0.15, 0.2) is 6.20 Å². The van der Waals surface area contributed by atoms with E-state index in [0.29, 0.717) is 12.5 Å². The third-order valence-corrected chi connectivity index (χ3v) is 5.30. The molecule has 4 rings (SSSR count). The third kappa shape index (κ3) is 3.22. The lowest BCUT2D eigenvalue weighted by Crippen LogP contribution is -2.41. The lowest BCUT2D eigenvalue weighted by Gasteiger charge is -2.34. The van der Waals surface area contributed by atoms with Crippen LogP contribution in [-0.2, 0) is 16.8 Å². The van der Waals surface area contributed by atoms with Gasteiger partial charge in [0.05, 0.1) is 24.3 Å². The Morgan fingerprint density at radius 1 is 1.43 bits per heavy atom. The highest BCUT2D eigenvalue weighted by Gasteiger charge is 2.44. The van der Waals surface area contributed by atoms with Crippen LogP contribution in [0.25, 0.3) is 0 Å². The quantitative estimate of drug-likeness (QED) is 0.904. The van der Waals surface area contributed by atoms with Gasteiger partial charge in [0.2, 0.25) is 5.95 Å². The largest absolute Gasteiger partial charge is 0.376 e. The lowest BCUT2D eigenvalue weighted by molar-refractivity contribution is 0.0501. The van der Waals surface area contributed by atoms with Crippen LogP contribution in [0.3, 0.4) is 0 Å². The van der Waals surface area contributed by atoms with Crippen molar-refractivity contribution in [1.82, 2.24) is 14.9 Å². The molecular weight excluding hydrogens is 288 g/mol. The van der Waals surface area contributed by atoms with Crippen LogP contribution in [-0.4, -0.2) is 47.7 Å². The first-order chi connectivity index (χ1) is 11.1. The first kappa shape index (κ1) is 15.3. The molecule has 1 aromatic heterocycles. The Hall–Kier alpha value is -1.20. The van der Waals surface area contributed by atoms with E-state index in [2.05, 4.69) is 29.0 Å². The number of nitrogens with one attached hydrogen (secondary N) is 1. The normalized spacial score (nSPS) is 27.6. The second-order valence-corrected chi connectivity index (χ2v) is 8.04. The van der Waals surface area contributed by atoms with E-state index >= 15 is 0 Å². The molecule has 5 heteroatoms. The zero-order chi connectivity index (χ0) is 15.9. The van der Waals surface area contributed by atoms with Gasteiger partial charge in [0.25, 0.3) is 0 Å². The van der Waals surface area contributed by atoms with Crippen LogP contribution in [0.1, 0.15) is 44.4 Å². The van der Waals surface area contributed by atoms with Crippen LogP contribution in [0.2, 0.25) is 0 Å². The molecule has 1 N–H and O–H groups in total. The fourth-order valence-corrected chi connectivity index (χ4v) is 3.98. The van der Waals surface area contributed by atoms with Gasteiger partial charge in [-0.3, -0.25) is 0 Å². The molecule has 0 unspecified atom stereocenters. The maximum absolute atomic E-state index is 5.91. The van der Waals surface area contributed by atoms with E-state index in [1.807, 2.05) is 6.20 Å². The summed E-state index contributed by atoms with van der Waals surface area (Å²) in [5.74, 6) is 2.34. The van der Waals surface area contributed by atoms with E-state index < -0.39 is 0 Å². The molecule has 1 saturated heterocycles. The number of hydrogen-bond donors (Lipinski definition) is 1. The predicted molar refractivity (Wildman–Crippen MR) is 90.5 cm³/mol. The highest BCUT2D eigenvalue weighted by Crippen LogP contribution is 2.39. The number of nitrogens with zero attached hydrogens (tertiary/aromatic N) is 3. The van der Waals surface area contributed by atoms with Gasteiger partial charge < -0.3 is 15.0 Å². The van der Waals surface area contributed by atoms with Crippen LogP contribution in [0, 0.1) is 11.8 Å². The van der Waals surface area contributed by atoms with Crippen molar-refractivity contribution in [1.29, 1.82) is 0 Å². The van der Waals surface area contributed by atoms with Crippen molar-refractivity contribution in [3.8, 4) is 0 Å². The first-order valence-electron chi connectivity index (χ1n) is 9.05. The van der Waals surface area contributed by atoms with E-state index in [1.54, 1.807) is 0 Å². The van der Waals surface area contributed by atoms with Gasteiger partial charge >= 0.3 is 0 Å². The number of hydrogen-bond acceptors (Lipinski definition) is 5. The van der Waals surface area contributed by atoms with E-state index in [4.69, 9.17) is 9.72 Å². The summed E-state index contributed by atoms with van der Waals surface area (Å²) in [7, 11) is 0. The van der Waals surface area contributed by atoms with Crippen LogP contribution >= 0.6 is 0 Å². The van der Waals surface area contributed by atoms with E-state index in [-0.39, 0.29) is 5.41 Å². The highest BCUT2D eigenvalue weighted by molar-refractivity contribution is 5.36. The minimum absolute atomic E-state index is 0.0709. The standard InChI is InChI=1S/C18H28N4O/c1-13(2)9-22-6-5-18(11-22)12-23-10-15-8-20-17(21-16(15)18)19-7-14-3-4-14/h8,13-14H,3-7,9-12H2,1-2H3,(H,19,20,21)/t18-/m0/s1. The van der Waals surface area contributed by atoms with Crippen LogP contribution in [0.5, 0.6) is 0 Å². The van der Waals surface area contributed by atoms with Gasteiger partial charge in [-0.05, 0) is 37.6 Å². The molecule has 3 heterocycles. The maximum atomic E-state index is 5.91. The van der Waals surface area contributed by atoms with Crippen molar-refractivity contribution in [2.24, 2.45) is 11.8 Å². The average molecular weight is 316 g/mol. The topological polar surface area (TPSA) is 50.3 Å². The number of ether oxygens (including phenoxy) is 1. The second-order valence-electron chi connectivity index (χ2n) is 8.04. The van der Waals surface area contributed by atoms with Crippen LogP contribution in [0.4, 0.5) is 5.95 Å². The van der Waals surface area contributed by atoms with Crippen molar-refractivity contribution in [3.63, 3.8) is 0 Å². The predicted octanol–water partition coefficient (Wildman–Crippen LogP) is 2.43. The Bertz CT molecular complexity index is 572. The molecular formula is C18H28N4O. The zero-order valence-electron chi connectivity index (χ0n) is 14.3. The molecule has 1 aliphatic carbocycles. The lowest BCUT2D eigenvalue weighted by atomic mass is 9.80. The molecule has 1 saturated carbocycles. The summed E-state index contributed by atoms with van der Waals surface area (Å²) in [5.41, 5.74) is 2.49. The Kier molecular flexibility index (Phi) is 4.01. The van der Waals surface area contributed by atoms with Gasteiger partial charge in [-0.1, -0.05) is 13.8 Å². The molecule has 0 amide bonds. The van der Waals surface area contributed by atoms with Crippen molar-refractivity contribution in [2.45, 2.75) is 45.1 Å². The van der Waals surface area contributed by atoms with Crippen molar-refractivity contribution < 1.29 is 4.74 Å². The van der Waals surface area contributed by atoms with Gasteiger partial charge in [0.15, 0.2) is 0 Å². The molecule has 2 aliphatic heterocycles. The van der Waals surface area contributed by atoms with Gasteiger partial charge in [0.1, 0.15) is 0 Å². The Morgan fingerprint density at radius 3 is 3.09 bits per heavy atom. The molecule has 2 fully saturated rings. The second kappa shape index (κ2) is 6.02. The summed E-state index contributed by atoms with van der Waals surface area (Å²) in [6.07, 6.45) is 5.81. The van der Waals surface area contributed by atoms with Crippen molar-refractivity contribution >= 4 is 5.95 Å². The molecule has 5 nitrogen and oxygen atoms in total. The molecule has 0 bridgehead atoms. The smallest absolute Gasteiger partial charge is 0.222 e. The van der Waals surface area contributed by atoms with Crippen molar-refractivity contribution in [2.75, 3.05) is 38.1 Å². The number of fused-ring (bicyclic) bond motifs is 2. The molecule has 1 atom stereocenters. The molecule has 1 aromatic rings. The molecule has 0 radical (unpaired) electrons. The molecule has 3 aliphatic rings. The zero-order valence-corrected chi connectivity index (χ0v) is 14.3. The fraction of sp³-hybridized carbons (Fsp3) is 0.778. The minimum Gasteiger partial charge on any atom is -0.376 e. The van der Waals surface area contributed by atoms with Gasteiger partial charge in [-0.15, -0.1) is 0 Å². The monoisotopic (exact) mass is 316 g/mol. The summed E-state index contributed by atoms with van der Waals surface area (Å²) in [5, 5.41) is 3.43. The number of likely N-dealkylation sites (tertiary alicyclic amines) is 1. The summed E-state index contributed by atoms with van der Waals surface area (Å²) < 4.78 is 5.91. The third-order valence-electron chi connectivity index (χ3n) is 5.30. The van der Waals surface area contributed by atoms with Crippen molar-refractivity contribution in [3.05, 3.63) is 17.5 Å². The van der Waals surface area contributed by atoms with Crippen LogP contribution < -0.4 is 5.32 Å². The maximum Gasteiger partial charge on any atom is 0.222 e. The van der Waals surface area contributed by atoms with Gasteiger partial charge in [-0.25, -0.2) is 9.97 Å². The first-order valence-corrected chi connectivity index (χ1v) is 9.05. The van der Waals surface area contributed by atoms with Gasteiger partial charge in [0, 0.05) is 31.4 Å². The Labute approximate surface area is 138 Å². The number of aromatic nitrogens is 2. The summed E-state index contributed by atoms with van der Waals surface area (Å²) >= 11 is 0. The van der Waals surface area contributed by atoms with E-state index in [1.165, 1.54) is 24.1 Å². The highest BCUT2D eigenvalue weighted by atomic mass is 16.5. The fourth-order valence-electron chi connectivity index (χ4n) is 3.98. The van der Waals surface area contributed by atoms with Gasteiger partial charge in [-0.2, -0.15) is 0 Å². The molecule has 0 aromatic carbocycles. The molecule has 1 spiro atoms. The molecule has 126 valence electrons. The SMILES string of the molecule is CC(C)CN1CC[C@@]2(COCc3cnc(NCC4CC4)nc32)C1. The molecule has 23 heavy (non-hydrogen) atoms. The Balaban J connectivity index is 1.55. The van der Waals surface area contributed by atoms with E-state index in [9.17, 15) is 0 Å². The average Bonchev–Trinajstić information content (AvgIpc) is 3.28.